The molecule has 0 unspecified atom stereocenters. The van der Waals surface area contributed by atoms with Gasteiger partial charge in [-0.1, -0.05) is 41.9 Å². The molecule has 2 saturated heterocycles. The SMILES string of the molecule is O=C1[C@H]2[C@@H](c3ccc(Cl)cc3)N(c3ccccc3)O[C@H]2C(=O)N1c1ccc(F)cc1. The molecule has 5 rings (SSSR count). The zero-order valence-electron chi connectivity index (χ0n) is 15.6. The highest BCUT2D eigenvalue weighted by atomic mass is 35.5. The molecule has 2 heterocycles. The minimum absolute atomic E-state index is 0.325. The number of hydroxylamine groups is 1. The molecule has 3 aromatic rings. The molecule has 2 aliphatic rings. The standard InChI is InChI=1S/C23H16ClFN2O3/c24-15-8-6-14(7-9-15)20-19-21(30-27(20)18-4-2-1-3-5-18)23(29)26(22(19)28)17-12-10-16(25)11-13-17/h1-13,19-21H/t19-,20+,21+/m0/s1. The normalized spacial score (nSPS) is 23.2. The number of amides is 2. The van der Waals surface area contributed by atoms with Crippen LogP contribution in [0.3, 0.4) is 0 Å². The maximum absolute atomic E-state index is 13.4. The molecule has 150 valence electrons. The Hall–Kier alpha value is -3.22. The number of carbonyl (C=O) groups excluding carboxylic acids is 2. The van der Waals surface area contributed by atoms with E-state index in [-0.39, 0.29) is 5.91 Å². The van der Waals surface area contributed by atoms with Crippen LogP contribution in [0.25, 0.3) is 0 Å². The fraction of sp³-hybridized carbons (Fsp3) is 0.130. The van der Waals surface area contributed by atoms with E-state index in [1.54, 1.807) is 17.2 Å². The summed E-state index contributed by atoms with van der Waals surface area (Å²) in [6, 6.07) is 21.2. The topological polar surface area (TPSA) is 49.9 Å². The van der Waals surface area contributed by atoms with Gasteiger partial charge in [-0.05, 0) is 54.1 Å². The number of hydrogen-bond acceptors (Lipinski definition) is 4. The molecule has 0 bridgehead atoms. The average Bonchev–Trinajstić information content (AvgIpc) is 3.27. The van der Waals surface area contributed by atoms with E-state index in [2.05, 4.69) is 0 Å². The van der Waals surface area contributed by atoms with Gasteiger partial charge in [-0.3, -0.25) is 14.4 Å². The van der Waals surface area contributed by atoms with Gasteiger partial charge >= 0.3 is 0 Å². The van der Waals surface area contributed by atoms with E-state index >= 15 is 0 Å². The molecule has 2 fully saturated rings. The molecule has 2 aliphatic heterocycles. The van der Waals surface area contributed by atoms with Gasteiger partial charge in [-0.15, -0.1) is 0 Å². The predicted octanol–water partition coefficient (Wildman–Crippen LogP) is 4.53. The summed E-state index contributed by atoms with van der Waals surface area (Å²) >= 11 is 6.05. The van der Waals surface area contributed by atoms with Crippen LogP contribution in [-0.2, 0) is 14.4 Å². The minimum atomic E-state index is -0.969. The Kier molecular flexibility index (Phi) is 4.53. The van der Waals surface area contributed by atoms with Crippen molar-refractivity contribution in [3.05, 3.63) is 95.3 Å². The molecule has 0 spiro atoms. The van der Waals surface area contributed by atoms with E-state index in [1.807, 2.05) is 42.5 Å². The summed E-state index contributed by atoms with van der Waals surface area (Å²) in [5.74, 6) is -2.03. The first-order valence-corrected chi connectivity index (χ1v) is 9.82. The van der Waals surface area contributed by atoms with Gasteiger partial charge in [0.2, 0.25) is 5.91 Å². The van der Waals surface area contributed by atoms with Gasteiger partial charge in [0.05, 0.1) is 17.4 Å². The summed E-state index contributed by atoms with van der Waals surface area (Å²) in [5, 5.41) is 2.19. The molecule has 3 atom stereocenters. The van der Waals surface area contributed by atoms with Gasteiger partial charge in [0.15, 0.2) is 6.10 Å². The number of benzene rings is 3. The first-order chi connectivity index (χ1) is 14.5. The first kappa shape index (κ1) is 18.8. The largest absolute Gasteiger partial charge is 0.273 e. The van der Waals surface area contributed by atoms with Crippen LogP contribution in [0.2, 0.25) is 5.02 Å². The van der Waals surface area contributed by atoms with Crippen LogP contribution >= 0.6 is 11.6 Å². The zero-order valence-corrected chi connectivity index (χ0v) is 16.4. The van der Waals surface area contributed by atoms with Crippen molar-refractivity contribution in [2.24, 2.45) is 5.92 Å². The third-order valence-corrected chi connectivity index (χ3v) is 5.67. The Morgan fingerprint density at radius 3 is 2.13 bits per heavy atom. The van der Waals surface area contributed by atoms with Crippen LogP contribution in [-0.4, -0.2) is 17.9 Å². The molecule has 2 amide bonds. The van der Waals surface area contributed by atoms with E-state index < -0.39 is 29.8 Å². The lowest BCUT2D eigenvalue weighted by Crippen LogP contribution is -2.37. The highest BCUT2D eigenvalue weighted by Gasteiger charge is 2.60. The number of imide groups is 1. The van der Waals surface area contributed by atoms with Crippen molar-refractivity contribution in [3.63, 3.8) is 0 Å². The quantitative estimate of drug-likeness (QED) is 0.582. The summed E-state index contributed by atoms with van der Waals surface area (Å²) in [6.45, 7) is 0. The van der Waals surface area contributed by atoms with Gasteiger partial charge in [-0.25, -0.2) is 14.4 Å². The van der Waals surface area contributed by atoms with E-state index in [1.165, 1.54) is 24.3 Å². The van der Waals surface area contributed by atoms with Crippen molar-refractivity contribution >= 4 is 34.8 Å². The van der Waals surface area contributed by atoms with Gasteiger partial charge in [0, 0.05) is 5.02 Å². The summed E-state index contributed by atoms with van der Waals surface area (Å²) in [5.41, 5.74) is 1.86. The smallest absolute Gasteiger partial charge is 0.266 e. The number of rotatable bonds is 3. The maximum atomic E-state index is 13.4. The second kappa shape index (κ2) is 7.23. The van der Waals surface area contributed by atoms with Gasteiger partial charge in [0.25, 0.3) is 5.91 Å². The predicted molar refractivity (Wildman–Crippen MR) is 110 cm³/mol. The first-order valence-electron chi connectivity index (χ1n) is 9.44. The summed E-state index contributed by atoms with van der Waals surface area (Å²) in [4.78, 5) is 33.6. The molecular weight excluding hydrogens is 407 g/mol. The van der Waals surface area contributed by atoms with Gasteiger partial charge in [0.1, 0.15) is 11.7 Å². The van der Waals surface area contributed by atoms with Crippen LogP contribution in [0, 0.1) is 11.7 Å². The van der Waals surface area contributed by atoms with Crippen molar-refractivity contribution in [1.29, 1.82) is 0 Å². The number of hydrogen-bond donors (Lipinski definition) is 0. The summed E-state index contributed by atoms with van der Waals surface area (Å²) < 4.78 is 13.3. The lowest BCUT2D eigenvalue weighted by molar-refractivity contribution is -0.126. The molecule has 0 N–H and O–H groups in total. The van der Waals surface area contributed by atoms with Crippen molar-refractivity contribution in [1.82, 2.24) is 0 Å². The Balaban J connectivity index is 1.58. The lowest BCUT2D eigenvalue weighted by Gasteiger charge is -2.28. The Labute approximate surface area is 177 Å². The van der Waals surface area contributed by atoms with E-state index in [9.17, 15) is 14.0 Å². The number of halogens is 2. The molecule has 7 heteroatoms. The fourth-order valence-corrected chi connectivity index (χ4v) is 4.18. The van der Waals surface area contributed by atoms with Gasteiger partial charge in [-0.2, -0.15) is 0 Å². The van der Waals surface area contributed by atoms with Crippen LogP contribution in [0.4, 0.5) is 15.8 Å². The number of fused-ring (bicyclic) bond motifs is 1. The van der Waals surface area contributed by atoms with Crippen molar-refractivity contribution in [2.45, 2.75) is 12.1 Å². The second-order valence-corrected chi connectivity index (χ2v) is 7.63. The lowest BCUT2D eigenvalue weighted by atomic mass is 9.90. The molecule has 30 heavy (non-hydrogen) atoms. The maximum Gasteiger partial charge on any atom is 0.266 e. The Bertz CT molecular complexity index is 1110. The monoisotopic (exact) mass is 422 g/mol. The Morgan fingerprint density at radius 2 is 1.47 bits per heavy atom. The number of nitrogens with zero attached hydrogens (tertiary/aromatic N) is 2. The highest BCUT2D eigenvalue weighted by Crippen LogP contribution is 2.47. The van der Waals surface area contributed by atoms with Crippen LogP contribution in [0.1, 0.15) is 11.6 Å². The third-order valence-electron chi connectivity index (χ3n) is 5.42. The third kappa shape index (κ3) is 2.96. The average molecular weight is 423 g/mol. The van der Waals surface area contributed by atoms with Gasteiger partial charge < -0.3 is 0 Å². The zero-order chi connectivity index (χ0) is 20.8. The van der Waals surface area contributed by atoms with E-state index in [0.717, 1.165) is 16.2 Å². The van der Waals surface area contributed by atoms with Crippen LogP contribution in [0.5, 0.6) is 0 Å². The van der Waals surface area contributed by atoms with E-state index in [0.29, 0.717) is 10.7 Å². The number of para-hydroxylation sites is 1. The number of anilines is 2. The second-order valence-electron chi connectivity index (χ2n) is 7.20. The molecular formula is C23H16ClFN2O3. The fourth-order valence-electron chi connectivity index (χ4n) is 4.06. The van der Waals surface area contributed by atoms with Crippen LogP contribution < -0.4 is 9.96 Å². The molecule has 0 aromatic heterocycles. The molecule has 5 nitrogen and oxygen atoms in total. The number of carbonyl (C=O) groups is 2. The highest BCUT2D eigenvalue weighted by molar-refractivity contribution is 6.30. The van der Waals surface area contributed by atoms with Crippen molar-refractivity contribution in [2.75, 3.05) is 9.96 Å². The van der Waals surface area contributed by atoms with Crippen LogP contribution in [0.15, 0.2) is 78.9 Å². The molecule has 0 aliphatic carbocycles. The molecule has 0 saturated carbocycles. The van der Waals surface area contributed by atoms with Crippen molar-refractivity contribution in [3.8, 4) is 0 Å². The van der Waals surface area contributed by atoms with E-state index in [4.69, 9.17) is 16.4 Å². The molecule has 0 radical (unpaired) electrons. The molecule has 3 aromatic carbocycles. The van der Waals surface area contributed by atoms with Crippen molar-refractivity contribution < 1.29 is 18.8 Å². The summed E-state index contributed by atoms with van der Waals surface area (Å²) in [6.07, 6.45) is -0.969. The minimum Gasteiger partial charge on any atom is -0.273 e. The summed E-state index contributed by atoms with van der Waals surface area (Å²) in [7, 11) is 0. The Morgan fingerprint density at radius 1 is 0.800 bits per heavy atom.